The second-order valence-electron chi connectivity index (χ2n) is 6.23. The number of aliphatic imine (C=N–C) groups is 1. The fourth-order valence-corrected chi connectivity index (χ4v) is 1.39. The number of aliphatic hydroxyl groups excluding tert-OH is 2. The van der Waals surface area contributed by atoms with Crippen molar-refractivity contribution in [1.29, 1.82) is 0 Å². The van der Waals surface area contributed by atoms with Gasteiger partial charge in [-0.05, 0) is 32.6 Å². The molecule has 5 heteroatoms. The maximum atomic E-state index is 11.4. The van der Waals surface area contributed by atoms with Crippen LogP contribution in [0.2, 0.25) is 0 Å². The monoisotopic (exact) mass is 259 g/mol. The smallest absolute Gasteiger partial charge is 0.433 e. The Balaban J connectivity index is 4.41. The Morgan fingerprint density at radius 3 is 2.22 bits per heavy atom. The van der Waals surface area contributed by atoms with Crippen molar-refractivity contribution < 1.29 is 19.7 Å². The van der Waals surface area contributed by atoms with Crippen LogP contribution in [-0.2, 0) is 4.74 Å². The number of hydrogen-bond acceptors (Lipinski definition) is 4. The molecule has 0 aromatic rings. The average Bonchev–Trinajstić information content (AvgIpc) is 2.21. The molecule has 5 nitrogen and oxygen atoms in total. The first kappa shape index (κ1) is 17.1. The summed E-state index contributed by atoms with van der Waals surface area (Å²) in [5.74, 6) is -0.264. The van der Waals surface area contributed by atoms with Crippen molar-refractivity contribution >= 4 is 12.3 Å². The van der Waals surface area contributed by atoms with Gasteiger partial charge in [-0.15, -0.1) is 0 Å². The maximum absolute atomic E-state index is 11.4. The van der Waals surface area contributed by atoms with Gasteiger partial charge in [-0.3, -0.25) is 0 Å². The molecule has 0 fully saturated rings. The van der Waals surface area contributed by atoms with Gasteiger partial charge in [0.1, 0.15) is 5.60 Å². The van der Waals surface area contributed by atoms with E-state index in [9.17, 15) is 9.90 Å². The van der Waals surface area contributed by atoms with Crippen molar-refractivity contribution in [2.24, 2.45) is 16.3 Å². The van der Waals surface area contributed by atoms with Crippen LogP contribution in [0.3, 0.4) is 0 Å². The summed E-state index contributed by atoms with van der Waals surface area (Å²) in [5, 5.41) is 18.4. The van der Waals surface area contributed by atoms with E-state index in [0.717, 1.165) is 0 Å². The molecule has 0 radical (unpaired) electrons. The Kier molecular flexibility index (Phi) is 6.49. The molecule has 1 atom stereocenters. The van der Waals surface area contributed by atoms with Crippen molar-refractivity contribution in [3.8, 4) is 0 Å². The quantitative estimate of drug-likeness (QED) is 0.740. The molecule has 0 aliphatic rings. The highest BCUT2D eigenvalue weighted by molar-refractivity contribution is 5.80. The summed E-state index contributed by atoms with van der Waals surface area (Å²) in [6.45, 7) is 8.96. The van der Waals surface area contributed by atoms with Gasteiger partial charge in [0, 0.05) is 18.7 Å². The number of ether oxygens (including phenoxy) is 1. The first-order valence-corrected chi connectivity index (χ1v) is 6.08. The number of amides is 1. The first-order valence-electron chi connectivity index (χ1n) is 6.08. The van der Waals surface area contributed by atoms with E-state index in [2.05, 4.69) is 4.99 Å². The molecular weight excluding hydrogens is 234 g/mol. The van der Waals surface area contributed by atoms with E-state index in [1.54, 1.807) is 20.8 Å². The van der Waals surface area contributed by atoms with Gasteiger partial charge in [0.15, 0.2) is 0 Å². The largest absolute Gasteiger partial charge is 0.442 e. The van der Waals surface area contributed by atoms with Crippen LogP contribution in [0.25, 0.3) is 0 Å². The minimum absolute atomic E-state index is 0.0176. The minimum atomic E-state index is -0.664. The van der Waals surface area contributed by atoms with Gasteiger partial charge in [0.05, 0.1) is 6.61 Å². The van der Waals surface area contributed by atoms with Gasteiger partial charge >= 0.3 is 6.09 Å². The lowest BCUT2D eigenvalue weighted by molar-refractivity contribution is 0.0603. The molecule has 0 aliphatic carbocycles. The second kappa shape index (κ2) is 6.85. The third-order valence-electron chi connectivity index (χ3n) is 2.26. The number of nitrogens with zero attached hydrogens (tertiary/aromatic N) is 1. The van der Waals surface area contributed by atoms with E-state index < -0.39 is 11.7 Å². The Hall–Kier alpha value is -0.940. The van der Waals surface area contributed by atoms with Gasteiger partial charge in [0.2, 0.25) is 0 Å². The van der Waals surface area contributed by atoms with E-state index in [-0.39, 0.29) is 24.5 Å². The molecule has 106 valence electrons. The first-order chi connectivity index (χ1) is 8.09. The molecular formula is C13H25NO4. The highest BCUT2D eigenvalue weighted by Gasteiger charge is 2.22. The normalized spacial score (nSPS) is 14.8. The molecule has 0 bridgehead atoms. The fraction of sp³-hybridized carbons (Fsp3) is 0.846. The average molecular weight is 259 g/mol. The topological polar surface area (TPSA) is 79.1 Å². The van der Waals surface area contributed by atoms with Crippen LogP contribution in [0.1, 0.15) is 41.0 Å². The predicted molar refractivity (Wildman–Crippen MR) is 70.8 cm³/mol. The van der Waals surface area contributed by atoms with E-state index in [1.165, 1.54) is 6.21 Å². The minimum Gasteiger partial charge on any atom is -0.442 e. The summed E-state index contributed by atoms with van der Waals surface area (Å²) in [6, 6.07) is 0. The second-order valence-corrected chi connectivity index (χ2v) is 6.23. The molecule has 0 saturated carbocycles. The highest BCUT2D eigenvalue weighted by atomic mass is 16.6. The fourth-order valence-electron chi connectivity index (χ4n) is 1.39. The van der Waals surface area contributed by atoms with Crippen LogP contribution in [0, 0.1) is 11.3 Å². The predicted octanol–water partition coefficient (Wildman–Crippen LogP) is 2.01. The number of hydrogen-bond donors (Lipinski definition) is 2. The molecule has 18 heavy (non-hydrogen) atoms. The summed E-state index contributed by atoms with van der Waals surface area (Å²) in [4.78, 5) is 15.0. The van der Waals surface area contributed by atoms with Crippen molar-refractivity contribution in [3.05, 3.63) is 0 Å². The lowest BCUT2D eigenvalue weighted by atomic mass is 9.84. The number of aliphatic hydroxyl groups is 2. The SMILES string of the molecule is CC(C)(CO)CC(/C=N/C(=O)OC(C)(C)C)CO. The van der Waals surface area contributed by atoms with Crippen LogP contribution in [0.4, 0.5) is 4.79 Å². The number of rotatable bonds is 5. The zero-order chi connectivity index (χ0) is 14.4. The van der Waals surface area contributed by atoms with E-state index in [0.29, 0.717) is 6.42 Å². The van der Waals surface area contributed by atoms with Gasteiger partial charge < -0.3 is 14.9 Å². The Bertz CT molecular complexity index is 292. The van der Waals surface area contributed by atoms with E-state index in [4.69, 9.17) is 9.84 Å². The van der Waals surface area contributed by atoms with Crippen LogP contribution in [0.15, 0.2) is 4.99 Å². The Labute approximate surface area is 109 Å². The van der Waals surface area contributed by atoms with E-state index >= 15 is 0 Å². The third-order valence-corrected chi connectivity index (χ3v) is 2.26. The molecule has 2 N–H and O–H groups in total. The van der Waals surface area contributed by atoms with Crippen molar-refractivity contribution in [2.45, 2.75) is 46.6 Å². The highest BCUT2D eigenvalue weighted by Crippen LogP contribution is 2.23. The van der Waals surface area contributed by atoms with Crippen LogP contribution in [-0.4, -0.2) is 41.3 Å². The van der Waals surface area contributed by atoms with Crippen molar-refractivity contribution in [3.63, 3.8) is 0 Å². The van der Waals surface area contributed by atoms with Crippen molar-refractivity contribution in [2.75, 3.05) is 13.2 Å². The summed E-state index contributed by atoms with van der Waals surface area (Å²) in [5.41, 5.74) is -0.888. The molecule has 1 amide bonds. The van der Waals surface area contributed by atoms with Crippen LogP contribution >= 0.6 is 0 Å². The number of carbonyl (C=O) groups excluding carboxylic acids is 1. The van der Waals surface area contributed by atoms with Crippen LogP contribution in [0.5, 0.6) is 0 Å². The molecule has 0 heterocycles. The molecule has 0 aliphatic heterocycles. The Morgan fingerprint density at radius 1 is 1.28 bits per heavy atom. The lowest BCUT2D eigenvalue weighted by Crippen LogP contribution is -2.25. The summed E-state index contributed by atoms with van der Waals surface area (Å²) < 4.78 is 5.02. The third kappa shape index (κ3) is 8.20. The molecule has 0 aromatic heterocycles. The van der Waals surface area contributed by atoms with Gasteiger partial charge in [-0.25, -0.2) is 4.79 Å². The Morgan fingerprint density at radius 2 is 1.83 bits per heavy atom. The molecule has 1 unspecified atom stereocenters. The zero-order valence-electron chi connectivity index (χ0n) is 11.9. The summed E-state index contributed by atoms with van der Waals surface area (Å²) >= 11 is 0. The lowest BCUT2D eigenvalue weighted by Gasteiger charge is -2.24. The molecule has 0 rings (SSSR count). The molecule has 0 spiro atoms. The maximum Gasteiger partial charge on any atom is 0.433 e. The zero-order valence-corrected chi connectivity index (χ0v) is 11.9. The van der Waals surface area contributed by atoms with Gasteiger partial charge in [-0.1, -0.05) is 13.8 Å². The standard InChI is InChI=1S/C13H25NO4/c1-12(2,3)18-11(17)14-7-10(8-15)6-13(4,5)9-16/h7,10,15-16H,6,8-9H2,1-5H3/b14-7+. The molecule has 0 saturated heterocycles. The van der Waals surface area contributed by atoms with E-state index in [1.807, 2.05) is 13.8 Å². The summed E-state index contributed by atoms with van der Waals surface area (Å²) in [6.07, 6.45) is 1.28. The number of carbonyl (C=O) groups is 1. The molecule has 0 aromatic carbocycles. The van der Waals surface area contributed by atoms with Gasteiger partial charge in [0.25, 0.3) is 0 Å². The van der Waals surface area contributed by atoms with Crippen LogP contribution < -0.4 is 0 Å². The van der Waals surface area contributed by atoms with Gasteiger partial charge in [-0.2, -0.15) is 4.99 Å². The van der Waals surface area contributed by atoms with Crippen molar-refractivity contribution in [1.82, 2.24) is 0 Å². The summed E-state index contributed by atoms with van der Waals surface area (Å²) in [7, 11) is 0.